The van der Waals surface area contributed by atoms with E-state index >= 15 is 0 Å². The molecule has 134 valence electrons. The first-order valence-electron chi connectivity index (χ1n) is 8.60. The third-order valence-electron chi connectivity index (χ3n) is 3.53. The first kappa shape index (κ1) is 19.3. The van der Waals surface area contributed by atoms with Crippen molar-refractivity contribution in [1.82, 2.24) is 0 Å². The maximum Gasteiger partial charge on any atom is 0.255 e. The summed E-state index contributed by atoms with van der Waals surface area (Å²) >= 11 is 3.47. The topological polar surface area (TPSA) is 47.6 Å². The third-order valence-corrected chi connectivity index (χ3v) is 4.15. The number of amides is 1. The van der Waals surface area contributed by atoms with E-state index in [-0.39, 0.29) is 5.91 Å². The molecule has 0 saturated heterocycles. The van der Waals surface area contributed by atoms with Gasteiger partial charge in [0.15, 0.2) is 0 Å². The molecule has 2 aromatic rings. The highest BCUT2D eigenvalue weighted by Crippen LogP contribution is 2.27. The lowest BCUT2D eigenvalue weighted by Crippen LogP contribution is -2.12. The number of unbranched alkanes of at least 4 members (excludes halogenated alkanes) is 1. The largest absolute Gasteiger partial charge is 0.494 e. The van der Waals surface area contributed by atoms with Crippen molar-refractivity contribution in [2.75, 3.05) is 18.5 Å². The number of carbonyl (C=O) groups excluding carboxylic acids is 1. The summed E-state index contributed by atoms with van der Waals surface area (Å²) in [7, 11) is 0. The summed E-state index contributed by atoms with van der Waals surface area (Å²) in [6, 6.07) is 12.7. The molecule has 0 saturated carbocycles. The molecule has 0 aliphatic rings. The molecule has 25 heavy (non-hydrogen) atoms. The Balaban J connectivity index is 1.97. The van der Waals surface area contributed by atoms with Crippen LogP contribution >= 0.6 is 15.9 Å². The van der Waals surface area contributed by atoms with E-state index in [0.29, 0.717) is 18.8 Å². The average Bonchev–Trinajstić information content (AvgIpc) is 2.62. The van der Waals surface area contributed by atoms with Gasteiger partial charge in [0.1, 0.15) is 11.5 Å². The molecule has 0 radical (unpaired) electrons. The van der Waals surface area contributed by atoms with Crippen LogP contribution < -0.4 is 14.8 Å². The number of benzene rings is 2. The minimum Gasteiger partial charge on any atom is -0.494 e. The fraction of sp³-hybridized carbons (Fsp3) is 0.350. The molecule has 0 aliphatic carbocycles. The Labute approximate surface area is 157 Å². The normalized spacial score (nSPS) is 10.4. The fourth-order valence-corrected chi connectivity index (χ4v) is 2.64. The van der Waals surface area contributed by atoms with Crippen LogP contribution in [0.4, 0.5) is 5.69 Å². The van der Waals surface area contributed by atoms with Crippen molar-refractivity contribution in [2.24, 2.45) is 0 Å². The molecular weight excluding hydrogens is 382 g/mol. The highest BCUT2D eigenvalue weighted by Gasteiger charge is 2.10. The van der Waals surface area contributed by atoms with Crippen LogP contribution in [0.2, 0.25) is 0 Å². The van der Waals surface area contributed by atoms with Gasteiger partial charge in [0, 0.05) is 11.3 Å². The quantitative estimate of drug-likeness (QED) is 0.546. The Morgan fingerprint density at radius 3 is 2.40 bits per heavy atom. The molecule has 0 atom stereocenters. The zero-order chi connectivity index (χ0) is 18.1. The van der Waals surface area contributed by atoms with Crippen molar-refractivity contribution < 1.29 is 14.3 Å². The number of nitrogens with one attached hydrogen (secondary N) is 1. The van der Waals surface area contributed by atoms with Gasteiger partial charge >= 0.3 is 0 Å². The lowest BCUT2D eigenvalue weighted by molar-refractivity contribution is 0.102. The Morgan fingerprint density at radius 1 is 1.00 bits per heavy atom. The fourth-order valence-electron chi connectivity index (χ4n) is 2.14. The Morgan fingerprint density at radius 2 is 1.76 bits per heavy atom. The van der Waals surface area contributed by atoms with Crippen molar-refractivity contribution in [3.05, 3.63) is 52.5 Å². The number of hydrogen-bond donors (Lipinski definition) is 1. The second-order valence-electron chi connectivity index (χ2n) is 5.67. The van der Waals surface area contributed by atoms with Gasteiger partial charge < -0.3 is 14.8 Å². The van der Waals surface area contributed by atoms with Crippen molar-refractivity contribution in [2.45, 2.75) is 33.1 Å². The number of carbonyl (C=O) groups is 1. The van der Waals surface area contributed by atoms with Gasteiger partial charge in [-0.25, -0.2) is 0 Å². The van der Waals surface area contributed by atoms with E-state index in [9.17, 15) is 4.79 Å². The highest BCUT2D eigenvalue weighted by atomic mass is 79.9. The van der Waals surface area contributed by atoms with E-state index in [0.717, 1.165) is 40.9 Å². The van der Waals surface area contributed by atoms with E-state index in [1.54, 1.807) is 12.1 Å². The Hall–Kier alpha value is -2.01. The number of hydrogen-bond acceptors (Lipinski definition) is 3. The van der Waals surface area contributed by atoms with Crippen LogP contribution in [-0.2, 0) is 0 Å². The Kier molecular flexibility index (Phi) is 7.79. The van der Waals surface area contributed by atoms with Crippen LogP contribution in [0.3, 0.4) is 0 Å². The summed E-state index contributed by atoms with van der Waals surface area (Å²) in [5.74, 6) is 1.39. The number of halogens is 1. The van der Waals surface area contributed by atoms with Gasteiger partial charge in [-0.2, -0.15) is 0 Å². The zero-order valence-corrected chi connectivity index (χ0v) is 16.3. The second-order valence-corrected chi connectivity index (χ2v) is 6.53. The number of anilines is 1. The predicted molar refractivity (Wildman–Crippen MR) is 105 cm³/mol. The second kappa shape index (κ2) is 10.1. The molecule has 0 aromatic heterocycles. The summed E-state index contributed by atoms with van der Waals surface area (Å²) in [5.41, 5.74) is 1.30. The first-order chi connectivity index (χ1) is 12.1. The van der Waals surface area contributed by atoms with Gasteiger partial charge in [-0.1, -0.05) is 20.3 Å². The molecule has 0 aliphatic heterocycles. The van der Waals surface area contributed by atoms with Gasteiger partial charge in [-0.3, -0.25) is 4.79 Å². The minimum atomic E-state index is -0.164. The summed E-state index contributed by atoms with van der Waals surface area (Å²) < 4.78 is 12.0. The monoisotopic (exact) mass is 405 g/mol. The molecule has 2 rings (SSSR count). The van der Waals surface area contributed by atoms with Crippen molar-refractivity contribution >= 4 is 27.5 Å². The van der Waals surface area contributed by atoms with Gasteiger partial charge in [-0.05, 0) is 71.2 Å². The Bertz CT molecular complexity index is 686. The van der Waals surface area contributed by atoms with Crippen LogP contribution in [0.5, 0.6) is 11.5 Å². The van der Waals surface area contributed by atoms with E-state index in [1.807, 2.05) is 30.3 Å². The predicted octanol–water partition coefficient (Wildman–Crippen LogP) is 5.67. The summed E-state index contributed by atoms with van der Waals surface area (Å²) in [6.45, 7) is 5.54. The molecule has 1 amide bonds. The lowest BCUT2D eigenvalue weighted by Gasteiger charge is -2.10. The average molecular weight is 406 g/mol. The van der Waals surface area contributed by atoms with Crippen LogP contribution in [-0.4, -0.2) is 19.1 Å². The van der Waals surface area contributed by atoms with E-state index in [1.165, 1.54) is 0 Å². The molecule has 0 heterocycles. The van der Waals surface area contributed by atoms with E-state index in [4.69, 9.17) is 9.47 Å². The molecule has 1 N–H and O–H groups in total. The minimum absolute atomic E-state index is 0.164. The molecule has 2 aromatic carbocycles. The van der Waals surface area contributed by atoms with Gasteiger partial charge in [0.2, 0.25) is 0 Å². The number of ether oxygens (including phenoxy) is 2. The van der Waals surface area contributed by atoms with Crippen molar-refractivity contribution in [3.63, 3.8) is 0 Å². The lowest BCUT2D eigenvalue weighted by atomic mass is 10.2. The van der Waals surface area contributed by atoms with Crippen LogP contribution in [0.25, 0.3) is 0 Å². The molecule has 0 spiro atoms. The van der Waals surface area contributed by atoms with Crippen LogP contribution in [0.15, 0.2) is 46.9 Å². The molecule has 0 fully saturated rings. The molecule has 5 heteroatoms. The maximum atomic E-state index is 12.4. The zero-order valence-electron chi connectivity index (χ0n) is 14.7. The van der Waals surface area contributed by atoms with Gasteiger partial charge in [0.05, 0.1) is 17.7 Å². The molecule has 0 unspecified atom stereocenters. The molecule has 0 bridgehead atoms. The van der Waals surface area contributed by atoms with Gasteiger partial charge in [0.25, 0.3) is 5.91 Å². The number of rotatable bonds is 9. The van der Waals surface area contributed by atoms with E-state index < -0.39 is 0 Å². The van der Waals surface area contributed by atoms with Crippen molar-refractivity contribution in [1.29, 1.82) is 0 Å². The maximum absolute atomic E-state index is 12.4. The van der Waals surface area contributed by atoms with Gasteiger partial charge in [-0.15, -0.1) is 0 Å². The smallest absolute Gasteiger partial charge is 0.255 e. The SMILES string of the molecule is CCCCOc1ccc(C(=O)Nc2ccc(OCCC)cc2)cc1Br. The molecular formula is C20H24BrNO3. The standard InChI is InChI=1S/C20H24BrNO3/c1-3-5-13-25-19-11-6-15(14-18(19)21)20(23)22-16-7-9-17(10-8-16)24-12-4-2/h6-11,14H,3-5,12-13H2,1-2H3,(H,22,23). The molecule has 4 nitrogen and oxygen atoms in total. The summed E-state index contributed by atoms with van der Waals surface area (Å²) in [4.78, 5) is 12.4. The summed E-state index contributed by atoms with van der Waals surface area (Å²) in [6.07, 6.45) is 3.05. The van der Waals surface area contributed by atoms with Crippen molar-refractivity contribution in [3.8, 4) is 11.5 Å². The van der Waals surface area contributed by atoms with E-state index in [2.05, 4.69) is 35.1 Å². The highest BCUT2D eigenvalue weighted by molar-refractivity contribution is 9.10. The summed E-state index contributed by atoms with van der Waals surface area (Å²) in [5, 5.41) is 2.88. The van der Waals surface area contributed by atoms with Crippen LogP contribution in [0, 0.1) is 0 Å². The third kappa shape index (κ3) is 6.09. The van der Waals surface area contributed by atoms with Crippen LogP contribution in [0.1, 0.15) is 43.5 Å². The first-order valence-corrected chi connectivity index (χ1v) is 9.40.